The molecule has 1 aromatic carbocycles. The Labute approximate surface area is 223 Å². The largest absolute Gasteiger partial charge is 0.393 e. The van der Waals surface area contributed by atoms with Crippen molar-refractivity contribution in [1.29, 1.82) is 0 Å². The molecule has 1 unspecified atom stereocenters. The van der Waals surface area contributed by atoms with E-state index in [9.17, 15) is 18.3 Å². The van der Waals surface area contributed by atoms with Gasteiger partial charge in [0.05, 0.1) is 29.8 Å². The summed E-state index contributed by atoms with van der Waals surface area (Å²) in [5.74, 6) is -0.330. The van der Waals surface area contributed by atoms with E-state index in [0.717, 1.165) is 17.5 Å². The molecule has 1 aliphatic carbocycles. The van der Waals surface area contributed by atoms with Crippen molar-refractivity contribution in [1.82, 2.24) is 9.97 Å². The van der Waals surface area contributed by atoms with Gasteiger partial charge >= 0.3 is 10.3 Å². The van der Waals surface area contributed by atoms with Crippen LogP contribution in [0.25, 0.3) is 0 Å². The summed E-state index contributed by atoms with van der Waals surface area (Å²) in [7, 11) is -4.10. The molecule has 0 bridgehead atoms. The number of anilines is 1. The van der Waals surface area contributed by atoms with Gasteiger partial charge in [-0.05, 0) is 59.5 Å². The van der Waals surface area contributed by atoms with Crippen LogP contribution in [0.3, 0.4) is 0 Å². The lowest BCUT2D eigenvalue weighted by Crippen LogP contribution is -2.24. The second-order valence-corrected chi connectivity index (χ2v) is 11.7. The molecule has 5 rings (SSSR count). The maximum absolute atomic E-state index is 13.5. The summed E-state index contributed by atoms with van der Waals surface area (Å²) in [6, 6.07) is 7.36. The van der Waals surface area contributed by atoms with E-state index in [1.165, 1.54) is 29.4 Å². The molecule has 3 aromatic rings. The van der Waals surface area contributed by atoms with Crippen LogP contribution in [-0.4, -0.2) is 54.6 Å². The molecular weight excluding hydrogens is 540 g/mol. The summed E-state index contributed by atoms with van der Waals surface area (Å²) < 4.78 is 32.9. The number of aliphatic hydroxyl groups is 1. The molecular formula is C24H25ClN4O6S2. The number of hydrogen-bond donors (Lipinski definition) is 3. The number of thiophene rings is 1. The minimum Gasteiger partial charge on any atom is -0.393 e. The average molecular weight is 565 g/mol. The predicted molar refractivity (Wildman–Crippen MR) is 138 cm³/mol. The van der Waals surface area contributed by atoms with Gasteiger partial charge in [-0.2, -0.15) is 8.42 Å². The van der Waals surface area contributed by atoms with Crippen molar-refractivity contribution in [3.63, 3.8) is 0 Å². The standard InChI is InChI=1S/C24H25ClN4O6S2/c25-16-2-1-13-3-4-34-23(18(13)7-16)15-6-21(36-11-15)22(31)19-9-27-12-28-24(19)29-17-5-14(20(30)8-17)10-35-37(26,32)33/h1-2,6-7,9,11-12,14,17,20,23,30H,3-5,8,10H2,(H2,26,32,33)(H,27,28,29)/t14-,17-,20+,23?/m1/s1. The molecule has 0 saturated heterocycles. The first-order valence-corrected chi connectivity index (χ1v) is 14.4. The zero-order valence-electron chi connectivity index (χ0n) is 19.5. The van der Waals surface area contributed by atoms with Gasteiger partial charge in [0.25, 0.3) is 0 Å². The van der Waals surface area contributed by atoms with E-state index in [1.54, 1.807) is 0 Å². The number of fused-ring (bicyclic) bond motifs is 1. The first kappa shape index (κ1) is 26.2. The summed E-state index contributed by atoms with van der Waals surface area (Å²) in [6.07, 6.45) is 3.26. The molecule has 1 fully saturated rings. The van der Waals surface area contributed by atoms with Crippen LogP contribution in [0.2, 0.25) is 5.02 Å². The number of halogens is 1. The van der Waals surface area contributed by atoms with Gasteiger partial charge in [0.1, 0.15) is 18.2 Å². The van der Waals surface area contributed by atoms with E-state index in [0.29, 0.717) is 40.7 Å². The normalized spacial score (nSPS) is 23.5. The topological polar surface area (TPSA) is 154 Å². The summed E-state index contributed by atoms with van der Waals surface area (Å²) in [5.41, 5.74) is 3.35. The van der Waals surface area contributed by atoms with Crippen LogP contribution < -0.4 is 10.5 Å². The monoisotopic (exact) mass is 564 g/mol. The van der Waals surface area contributed by atoms with Crippen LogP contribution in [0.5, 0.6) is 0 Å². The van der Waals surface area contributed by atoms with Crippen LogP contribution in [0.15, 0.2) is 42.2 Å². The van der Waals surface area contributed by atoms with Gasteiger partial charge in [0, 0.05) is 23.2 Å². The Hall–Kier alpha value is -2.45. The molecule has 13 heteroatoms. The number of aromatic nitrogens is 2. The van der Waals surface area contributed by atoms with Gasteiger partial charge < -0.3 is 15.2 Å². The second-order valence-electron chi connectivity index (χ2n) is 9.12. The van der Waals surface area contributed by atoms with Gasteiger partial charge in [0.2, 0.25) is 5.78 Å². The van der Waals surface area contributed by atoms with Gasteiger partial charge in [-0.15, -0.1) is 11.3 Å². The van der Waals surface area contributed by atoms with Crippen molar-refractivity contribution >= 4 is 44.8 Å². The molecule has 0 amide bonds. The first-order chi connectivity index (χ1) is 17.7. The number of benzene rings is 1. The van der Waals surface area contributed by atoms with E-state index >= 15 is 0 Å². The van der Waals surface area contributed by atoms with Gasteiger partial charge in [-0.25, -0.2) is 15.1 Å². The zero-order chi connectivity index (χ0) is 26.2. The van der Waals surface area contributed by atoms with Crippen molar-refractivity contribution in [2.45, 2.75) is 37.5 Å². The highest BCUT2D eigenvalue weighted by Gasteiger charge is 2.35. The number of ketones is 1. The van der Waals surface area contributed by atoms with Crippen LogP contribution in [0.1, 0.15) is 50.9 Å². The fraction of sp³-hybridized carbons (Fsp3) is 0.375. The number of nitrogens with one attached hydrogen (secondary N) is 1. The third-order valence-electron chi connectivity index (χ3n) is 6.59. The Morgan fingerprint density at radius 2 is 2.16 bits per heavy atom. The maximum Gasteiger partial charge on any atom is 0.333 e. The minimum atomic E-state index is -4.10. The summed E-state index contributed by atoms with van der Waals surface area (Å²) in [6.45, 7) is 0.360. The Balaban J connectivity index is 1.32. The zero-order valence-corrected chi connectivity index (χ0v) is 21.9. The predicted octanol–water partition coefficient (Wildman–Crippen LogP) is 2.86. The van der Waals surface area contributed by atoms with Crippen LogP contribution in [0.4, 0.5) is 5.82 Å². The summed E-state index contributed by atoms with van der Waals surface area (Å²) >= 11 is 7.54. The number of hydrogen-bond acceptors (Lipinski definition) is 10. The SMILES string of the molecule is NS(=O)(=O)OC[C@H]1C[C@@H](Nc2ncncc2C(=O)c2cc(C3OCCc4ccc(Cl)cc43)cs2)C[C@@H]1O. The third-order valence-corrected chi connectivity index (χ3v) is 8.24. The maximum atomic E-state index is 13.5. The molecule has 2 aromatic heterocycles. The molecule has 4 N–H and O–H groups in total. The molecule has 0 spiro atoms. The van der Waals surface area contributed by atoms with Crippen molar-refractivity contribution in [2.75, 3.05) is 18.5 Å². The minimum absolute atomic E-state index is 0.219. The average Bonchev–Trinajstić information content (AvgIpc) is 3.48. The summed E-state index contributed by atoms with van der Waals surface area (Å²) in [4.78, 5) is 22.3. The number of carbonyl (C=O) groups excluding carboxylic acids is 1. The molecule has 37 heavy (non-hydrogen) atoms. The molecule has 196 valence electrons. The first-order valence-electron chi connectivity index (χ1n) is 11.6. The number of nitrogens with zero attached hydrogens (tertiary/aromatic N) is 2. The Morgan fingerprint density at radius 1 is 1.32 bits per heavy atom. The van der Waals surface area contributed by atoms with E-state index in [2.05, 4.69) is 19.5 Å². The molecule has 0 radical (unpaired) electrons. The van der Waals surface area contributed by atoms with Crippen molar-refractivity contribution in [2.24, 2.45) is 11.1 Å². The van der Waals surface area contributed by atoms with E-state index < -0.39 is 22.3 Å². The molecule has 2 aliphatic rings. The lowest BCUT2D eigenvalue weighted by atomic mass is 9.94. The molecule has 10 nitrogen and oxygen atoms in total. The van der Waals surface area contributed by atoms with Gasteiger partial charge in [-0.1, -0.05) is 17.7 Å². The third kappa shape index (κ3) is 6.01. The van der Waals surface area contributed by atoms with Crippen molar-refractivity contribution in [3.05, 3.63) is 74.3 Å². The van der Waals surface area contributed by atoms with E-state index in [1.807, 2.05) is 29.6 Å². The van der Waals surface area contributed by atoms with Crippen LogP contribution in [0, 0.1) is 5.92 Å². The Morgan fingerprint density at radius 3 is 2.97 bits per heavy atom. The summed E-state index contributed by atoms with van der Waals surface area (Å²) in [5, 5.41) is 21.0. The number of rotatable bonds is 8. The van der Waals surface area contributed by atoms with Crippen LogP contribution in [-0.2, 0) is 25.6 Å². The van der Waals surface area contributed by atoms with E-state index in [4.69, 9.17) is 21.5 Å². The Kier molecular flexibility index (Phi) is 7.59. The molecule has 4 atom stereocenters. The second kappa shape index (κ2) is 10.7. The highest BCUT2D eigenvalue weighted by atomic mass is 35.5. The number of carbonyl (C=O) groups is 1. The highest BCUT2D eigenvalue weighted by Crippen LogP contribution is 2.37. The van der Waals surface area contributed by atoms with E-state index in [-0.39, 0.29) is 24.5 Å². The highest BCUT2D eigenvalue weighted by molar-refractivity contribution is 7.84. The smallest absolute Gasteiger partial charge is 0.333 e. The van der Waals surface area contributed by atoms with Gasteiger partial charge in [-0.3, -0.25) is 8.98 Å². The quantitative estimate of drug-likeness (QED) is 0.350. The molecule has 1 saturated carbocycles. The van der Waals surface area contributed by atoms with Crippen molar-refractivity contribution in [3.8, 4) is 0 Å². The number of aliphatic hydroxyl groups excluding tert-OH is 1. The lowest BCUT2D eigenvalue weighted by molar-refractivity contribution is 0.0701. The fourth-order valence-corrected chi connectivity index (χ4v) is 6.24. The molecule has 1 aliphatic heterocycles. The number of ether oxygens (including phenoxy) is 1. The fourth-order valence-electron chi connectivity index (χ4n) is 4.82. The van der Waals surface area contributed by atoms with Gasteiger partial charge in [0.15, 0.2) is 0 Å². The van der Waals surface area contributed by atoms with Crippen LogP contribution >= 0.6 is 22.9 Å². The lowest BCUT2D eigenvalue weighted by Gasteiger charge is -2.25. The Bertz CT molecular complexity index is 1420. The van der Waals surface area contributed by atoms with Crippen molar-refractivity contribution < 1.29 is 27.2 Å². The number of nitrogens with two attached hydrogens (primary N) is 1. The molecule has 3 heterocycles.